The summed E-state index contributed by atoms with van der Waals surface area (Å²) in [7, 11) is 0. The monoisotopic (exact) mass is 302 g/mol. The largest absolute Gasteiger partial charge is 0.352 e. The van der Waals surface area contributed by atoms with Crippen molar-refractivity contribution in [2.45, 2.75) is 39.8 Å². The molecule has 0 unspecified atom stereocenters. The molecule has 0 fully saturated rings. The minimum Gasteiger partial charge on any atom is -0.352 e. The molecule has 1 heterocycles. The lowest BCUT2D eigenvalue weighted by atomic mass is 10.2. The minimum atomic E-state index is -0.177. The topological polar surface area (TPSA) is 76.0 Å². The molecule has 0 spiro atoms. The highest BCUT2D eigenvalue weighted by atomic mass is 16.2. The van der Waals surface area contributed by atoms with Crippen molar-refractivity contribution < 1.29 is 9.59 Å². The number of nitrogens with zero attached hydrogens (tertiary/aromatic N) is 2. The van der Waals surface area contributed by atoms with Gasteiger partial charge < -0.3 is 10.6 Å². The van der Waals surface area contributed by atoms with E-state index in [0.29, 0.717) is 13.0 Å². The molecule has 2 amide bonds. The number of nitrogens with one attached hydrogen (secondary N) is 2. The van der Waals surface area contributed by atoms with Crippen LogP contribution in [0.15, 0.2) is 24.4 Å². The van der Waals surface area contributed by atoms with Crippen molar-refractivity contribution >= 4 is 22.7 Å². The number of hydrogen-bond acceptors (Lipinski definition) is 3. The summed E-state index contributed by atoms with van der Waals surface area (Å²) < 4.78 is 1.83. The molecule has 2 aromatic rings. The molecule has 1 aromatic carbocycles. The van der Waals surface area contributed by atoms with Crippen LogP contribution in [0.5, 0.6) is 0 Å². The van der Waals surface area contributed by atoms with Crippen molar-refractivity contribution in [1.82, 2.24) is 20.4 Å². The first-order valence-corrected chi connectivity index (χ1v) is 7.44. The van der Waals surface area contributed by atoms with E-state index in [-0.39, 0.29) is 24.4 Å². The molecule has 2 N–H and O–H groups in total. The highest BCUT2D eigenvalue weighted by Gasteiger charge is 2.09. The normalized spacial score (nSPS) is 10.9. The number of carbonyl (C=O) groups is 2. The smallest absolute Gasteiger partial charge is 0.239 e. The Morgan fingerprint density at radius 3 is 2.77 bits per heavy atom. The van der Waals surface area contributed by atoms with Gasteiger partial charge in [-0.2, -0.15) is 5.10 Å². The second kappa shape index (κ2) is 7.06. The first-order valence-electron chi connectivity index (χ1n) is 7.44. The van der Waals surface area contributed by atoms with E-state index >= 15 is 0 Å². The van der Waals surface area contributed by atoms with E-state index in [1.165, 1.54) is 0 Å². The second-order valence-corrected chi connectivity index (χ2v) is 5.63. The Labute approximate surface area is 129 Å². The Bertz CT molecular complexity index is 676. The molecule has 118 valence electrons. The molecule has 0 atom stereocenters. The predicted molar refractivity (Wildman–Crippen MR) is 85.4 cm³/mol. The van der Waals surface area contributed by atoms with Crippen LogP contribution in [0.2, 0.25) is 0 Å². The first kappa shape index (κ1) is 16.0. The van der Waals surface area contributed by atoms with Crippen LogP contribution in [0.4, 0.5) is 0 Å². The lowest BCUT2D eigenvalue weighted by molar-refractivity contribution is -0.126. The van der Waals surface area contributed by atoms with Gasteiger partial charge in [-0.05, 0) is 26.3 Å². The lowest BCUT2D eigenvalue weighted by Gasteiger charge is -2.09. The lowest BCUT2D eigenvalue weighted by Crippen LogP contribution is -2.40. The summed E-state index contributed by atoms with van der Waals surface area (Å²) in [6.45, 7) is 6.29. The van der Waals surface area contributed by atoms with Crippen molar-refractivity contribution in [2.75, 3.05) is 6.54 Å². The average molecular weight is 302 g/mol. The van der Waals surface area contributed by atoms with E-state index in [9.17, 15) is 9.59 Å². The van der Waals surface area contributed by atoms with Crippen LogP contribution < -0.4 is 10.6 Å². The van der Waals surface area contributed by atoms with E-state index < -0.39 is 0 Å². The van der Waals surface area contributed by atoms with Gasteiger partial charge in [0, 0.05) is 17.8 Å². The predicted octanol–water partition coefficient (Wildman–Crippen LogP) is 1.38. The molecule has 0 bridgehead atoms. The van der Waals surface area contributed by atoms with Gasteiger partial charge in [-0.25, -0.2) is 0 Å². The minimum absolute atomic E-state index is 0.00982. The third-order valence-corrected chi connectivity index (χ3v) is 3.31. The Morgan fingerprint density at radius 2 is 2.05 bits per heavy atom. The Morgan fingerprint density at radius 1 is 1.27 bits per heavy atom. The van der Waals surface area contributed by atoms with Crippen LogP contribution in [0.1, 0.15) is 25.8 Å². The number of amides is 2. The summed E-state index contributed by atoms with van der Waals surface area (Å²) in [6, 6.07) is 6.09. The zero-order chi connectivity index (χ0) is 16.1. The summed E-state index contributed by atoms with van der Waals surface area (Å²) in [6.07, 6.45) is 2.09. The van der Waals surface area contributed by atoms with E-state index in [1.54, 1.807) is 6.20 Å². The van der Waals surface area contributed by atoms with Crippen molar-refractivity contribution in [3.8, 4) is 0 Å². The fourth-order valence-corrected chi connectivity index (χ4v) is 2.35. The first-order chi connectivity index (χ1) is 10.5. The molecule has 0 radical (unpaired) electrons. The Balaban J connectivity index is 1.87. The van der Waals surface area contributed by atoms with Crippen LogP contribution in [0.3, 0.4) is 0 Å². The second-order valence-electron chi connectivity index (χ2n) is 5.63. The highest BCUT2D eigenvalue weighted by Crippen LogP contribution is 2.17. The fourth-order valence-electron chi connectivity index (χ4n) is 2.35. The molecule has 1 aromatic heterocycles. The average Bonchev–Trinajstić information content (AvgIpc) is 2.87. The molecule has 0 saturated heterocycles. The number of benzene rings is 1. The Hall–Kier alpha value is -2.37. The number of aromatic nitrogens is 2. The maximum absolute atomic E-state index is 11.8. The molecule has 0 aliphatic heterocycles. The number of hydrogen-bond donors (Lipinski definition) is 2. The summed E-state index contributed by atoms with van der Waals surface area (Å²) in [5, 5.41) is 10.7. The summed E-state index contributed by atoms with van der Waals surface area (Å²) in [4.78, 5) is 23.3. The van der Waals surface area contributed by atoms with Gasteiger partial charge in [-0.1, -0.05) is 18.2 Å². The Kier molecular flexibility index (Phi) is 5.14. The quantitative estimate of drug-likeness (QED) is 0.846. The van der Waals surface area contributed by atoms with Crippen molar-refractivity contribution in [1.29, 1.82) is 0 Å². The standard InChI is InChI=1S/C16H22N4O2/c1-11(2)19-15(22)10-17-14(21)7-8-20-16-12(3)5-4-6-13(16)9-18-20/h4-6,9,11H,7-8,10H2,1-3H3,(H,17,21)(H,19,22). The van der Waals surface area contributed by atoms with Gasteiger partial charge in [-0.3, -0.25) is 14.3 Å². The number of para-hydroxylation sites is 1. The molecule has 22 heavy (non-hydrogen) atoms. The summed E-state index contributed by atoms with van der Waals surface area (Å²) in [5.74, 6) is -0.333. The maximum atomic E-state index is 11.8. The molecule has 0 aliphatic rings. The van der Waals surface area contributed by atoms with Crippen molar-refractivity contribution in [3.63, 3.8) is 0 Å². The van der Waals surface area contributed by atoms with Gasteiger partial charge in [-0.15, -0.1) is 0 Å². The zero-order valence-electron chi connectivity index (χ0n) is 13.2. The van der Waals surface area contributed by atoms with Crippen LogP contribution in [-0.2, 0) is 16.1 Å². The van der Waals surface area contributed by atoms with Gasteiger partial charge in [0.1, 0.15) is 0 Å². The number of aryl methyl sites for hydroxylation is 2. The van der Waals surface area contributed by atoms with Gasteiger partial charge in [0.2, 0.25) is 11.8 Å². The van der Waals surface area contributed by atoms with E-state index in [2.05, 4.69) is 15.7 Å². The van der Waals surface area contributed by atoms with Crippen LogP contribution in [0.25, 0.3) is 10.9 Å². The maximum Gasteiger partial charge on any atom is 0.239 e. The molecule has 6 nitrogen and oxygen atoms in total. The number of rotatable bonds is 6. The molecular weight excluding hydrogens is 280 g/mol. The van der Waals surface area contributed by atoms with Gasteiger partial charge in [0.05, 0.1) is 24.8 Å². The highest BCUT2D eigenvalue weighted by molar-refractivity contribution is 5.85. The van der Waals surface area contributed by atoms with E-state index in [0.717, 1.165) is 16.5 Å². The SMILES string of the molecule is Cc1cccc2cnn(CCC(=O)NCC(=O)NC(C)C)c12. The van der Waals surface area contributed by atoms with Crippen LogP contribution in [-0.4, -0.2) is 34.2 Å². The number of carbonyl (C=O) groups excluding carboxylic acids is 2. The molecular formula is C16H22N4O2. The van der Waals surface area contributed by atoms with Crippen LogP contribution in [0, 0.1) is 6.92 Å². The molecule has 6 heteroatoms. The fraction of sp³-hybridized carbons (Fsp3) is 0.438. The third kappa shape index (κ3) is 4.07. The zero-order valence-corrected chi connectivity index (χ0v) is 13.2. The van der Waals surface area contributed by atoms with E-state index in [1.807, 2.05) is 43.7 Å². The number of fused-ring (bicyclic) bond motifs is 1. The van der Waals surface area contributed by atoms with Gasteiger partial charge in [0.25, 0.3) is 0 Å². The van der Waals surface area contributed by atoms with Gasteiger partial charge >= 0.3 is 0 Å². The summed E-state index contributed by atoms with van der Waals surface area (Å²) in [5.41, 5.74) is 2.18. The third-order valence-electron chi connectivity index (χ3n) is 3.31. The van der Waals surface area contributed by atoms with E-state index in [4.69, 9.17) is 0 Å². The van der Waals surface area contributed by atoms with Crippen molar-refractivity contribution in [2.24, 2.45) is 0 Å². The van der Waals surface area contributed by atoms with Gasteiger partial charge in [0.15, 0.2) is 0 Å². The molecule has 2 rings (SSSR count). The summed E-state index contributed by atoms with van der Waals surface area (Å²) >= 11 is 0. The van der Waals surface area contributed by atoms with Crippen LogP contribution >= 0.6 is 0 Å². The van der Waals surface area contributed by atoms with Crippen molar-refractivity contribution in [3.05, 3.63) is 30.0 Å². The molecule has 0 aliphatic carbocycles. The molecule has 0 saturated carbocycles.